The fourth-order valence-electron chi connectivity index (χ4n) is 1.71. The van der Waals surface area contributed by atoms with Gasteiger partial charge in [0.05, 0.1) is 12.0 Å². The lowest BCUT2D eigenvalue weighted by Gasteiger charge is -2.08. The van der Waals surface area contributed by atoms with Crippen LogP contribution in [0.4, 0.5) is 15.9 Å². The summed E-state index contributed by atoms with van der Waals surface area (Å²) in [5.41, 5.74) is 0.470. The highest BCUT2D eigenvalue weighted by molar-refractivity contribution is 5.55. The highest BCUT2D eigenvalue weighted by Gasteiger charge is 2.13. The van der Waals surface area contributed by atoms with Gasteiger partial charge in [-0.15, -0.1) is 0 Å². The monoisotopic (exact) mass is 277 g/mol. The smallest absolute Gasteiger partial charge is 0.311 e. The maximum absolute atomic E-state index is 13.3. The van der Waals surface area contributed by atoms with Crippen LogP contribution in [0.25, 0.3) is 0 Å². The first-order valence-corrected chi connectivity index (χ1v) is 5.77. The molecule has 0 radical (unpaired) electrons. The summed E-state index contributed by atoms with van der Waals surface area (Å²) in [7, 11) is 1.44. The Bertz CT molecular complexity index is 634. The van der Waals surface area contributed by atoms with Crippen LogP contribution < -0.4 is 10.1 Å². The number of halogens is 1. The van der Waals surface area contributed by atoms with Crippen LogP contribution in [0.1, 0.15) is 5.56 Å². The molecule has 2 rings (SSSR count). The highest BCUT2D eigenvalue weighted by Crippen LogP contribution is 2.22. The van der Waals surface area contributed by atoms with Gasteiger partial charge in [-0.05, 0) is 23.8 Å². The van der Waals surface area contributed by atoms with E-state index in [1.54, 1.807) is 6.07 Å². The van der Waals surface area contributed by atoms with Gasteiger partial charge in [-0.2, -0.15) is 0 Å². The van der Waals surface area contributed by atoms with Crippen molar-refractivity contribution < 1.29 is 14.1 Å². The van der Waals surface area contributed by atoms with Crippen LogP contribution >= 0.6 is 0 Å². The van der Waals surface area contributed by atoms with E-state index in [4.69, 9.17) is 4.74 Å². The third-order valence-corrected chi connectivity index (χ3v) is 2.61. The third kappa shape index (κ3) is 3.19. The second kappa shape index (κ2) is 5.96. The molecule has 0 aliphatic rings. The summed E-state index contributed by atoms with van der Waals surface area (Å²) in [6, 6.07) is 7.05. The zero-order chi connectivity index (χ0) is 14.5. The number of nitrogens with one attached hydrogen (secondary N) is 1. The molecular formula is C13H12FN3O3. The first-order valence-electron chi connectivity index (χ1n) is 5.77. The molecule has 0 saturated heterocycles. The van der Waals surface area contributed by atoms with Crippen LogP contribution in [0.2, 0.25) is 0 Å². The number of nitro groups is 1. The van der Waals surface area contributed by atoms with Crippen molar-refractivity contribution in [3.63, 3.8) is 0 Å². The van der Waals surface area contributed by atoms with E-state index in [9.17, 15) is 14.5 Å². The third-order valence-electron chi connectivity index (χ3n) is 2.61. The zero-order valence-corrected chi connectivity index (χ0v) is 10.7. The molecule has 6 nitrogen and oxygen atoms in total. The quantitative estimate of drug-likeness (QED) is 0.671. The Morgan fingerprint density at radius 2 is 2.25 bits per heavy atom. The average molecular weight is 277 g/mol. The van der Waals surface area contributed by atoms with E-state index < -0.39 is 10.7 Å². The summed E-state index contributed by atoms with van der Waals surface area (Å²) in [5, 5.41) is 13.6. The van der Waals surface area contributed by atoms with Gasteiger partial charge in [-0.25, -0.2) is 9.37 Å². The normalized spacial score (nSPS) is 10.1. The van der Waals surface area contributed by atoms with Gasteiger partial charge in [0.25, 0.3) is 0 Å². The Hall–Kier alpha value is -2.70. The molecular weight excluding hydrogens is 265 g/mol. The number of methoxy groups -OCH3 is 1. The molecule has 0 amide bonds. The summed E-state index contributed by atoms with van der Waals surface area (Å²) in [5.74, 6) is 0.0923. The number of rotatable bonds is 5. The molecule has 7 heteroatoms. The molecule has 1 aromatic carbocycles. The fourth-order valence-corrected chi connectivity index (χ4v) is 1.71. The van der Waals surface area contributed by atoms with Gasteiger partial charge in [-0.3, -0.25) is 10.1 Å². The van der Waals surface area contributed by atoms with Crippen molar-refractivity contribution in [3.05, 3.63) is 58.0 Å². The number of anilines is 1. The Morgan fingerprint density at radius 1 is 1.45 bits per heavy atom. The molecule has 2 aromatic rings. The van der Waals surface area contributed by atoms with E-state index in [0.717, 1.165) is 0 Å². The number of hydrogen-bond donors (Lipinski definition) is 1. The number of nitrogens with zero attached hydrogens (tertiary/aromatic N) is 2. The lowest BCUT2D eigenvalue weighted by atomic mass is 10.2. The van der Waals surface area contributed by atoms with Crippen molar-refractivity contribution >= 4 is 11.5 Å². The van der Waals surface area contributed by atoms with Crippen molar-refractivity contribution in [2.45, 2.75) is 6.54 Å². The molecule has 0 atom stereocenters. The highest BCUT2D eigenvalue weighted by atomic mass is 19.1. The topological polar surface area (TPSA) is 77.3 Å². The largest absolute Gasteiger partial charge is 0.497 e. The van der Waals surface area contributed by atoms with Crippen molar-refractivity contribution in [2.75, 3.05) is 12.4 Å². The van der Waals surface area contributed by atoms with Crippen LogP contribution in [-0.4, -0.2) is 17.0 Å². The van der Waals surface area contributed by atoms with Gasteiger partial charge >= 0.3 is 5.69 Å². The molecule has 0 saturated carbocycles. The summed E-state index contributed by atoms with van der Waals surface area (Å²) < 4.78 is 18.3. The van der Waals surface area contributed by atoms with Crippen molar-refractivity contribution in [2.24, 2.45) is 0 Å². The maximum Gasteiger partial charge on any atom is 0.311 e. The SMILES string of the molecule is COc1cc(F)cc(CNc2ncccc2[N+](=O)[O-])c1. The van der Waals surface area contributed by atoms with Crippen LogP contribution in [0.15, 0.2) is 36.5 Å². The van der Waals surface area contributed by atoms with Crippen molar-refractivity contribution in [1.29, 1.82) is 0 Å². The van der Waals surface area contributed by atoms with Crippen LogP contribution in [0, 0.1) is 15.9 Å². The molecule has 20 heavy (non-hydrogen) atoms. The molecule has 0 unspecified atom stereocenters. The van der Waals surface area contributed by atoms with Crippen LogP contribution in [0.3, 0.4) is 0 Å². The zero-order valence-electron chi connectivity index (χ0n) is 10.7. The Kier molecular flexibility index (Phi) is 4.09. The van der Waals surface area contributed by atoms with E-state index >= 15 is 0 Å². The molecule has 1 heterocycles. The fraction of sp³-hybridized carbons (Fsp3) is 0.154. The minimum Gasteiger partial charge on any atom is -0.497 e. The maximum atomic E-state index is 13.3. The van der Waals surface area contributed by atoms with E-state index in [0.29, 0.717) is 11.3 Å². The van der Waals surface area contributed by atoms with Crippen LogP contribution in [0.5, 0.6) is 5.75 Å². The number of hydrogen-bond acceptors (Lipinski definition) is 5. The van der Waals surface area contributed by atoms with E-state index in [1.807, 2.05) is 0 Å². The molecule has 1 N–H and O–H groups in total. The van der Waals surface area contributed by atoms with Gasteiger partial charge in [0.15, 0.2) is 0 Å². The van der Waals surface area contributed by atoms with Crippen molar-refractivity contribution in [3.8, 4) is 5.75 Å². The van der Waals surface area contributed by atoms with Gasteiger partial charge in [0.1, 0.15) is 11.6 Å². The van der Waals surface area contributed by atoms with Gasteiger partial charge in [0, 0.05) is 24.9 Å². The van der Waals surface area contributed by atoms with Gasteiger partial charge in [-0.1, -0.05) is 0 Å². The number of ether oxygens (including phenoxy) is 1. The second-order valence-electron chi connectivity index (χ2n) is 3.98. The van der Waals surface area contributed by atoms with Crippen LogP contribution in [-0.2, 0) is 6.54 Å². The molecule has 1 aromatic heterocycles. The standard InChI is InChI=1S/C13H12FN3O3/c1-20-11-6-9(5-10(14)7-11)8-16-13-12(17(18)19)3-2-4-15-13/h2-7H,8H2,1H3,(H,15,16). The molecule has 104 valence electrons. The minimum atomic E-state index is -0.526. The molecule has 0 aliphatic carbocycles. The minimum absolute atomic E-state index is 0.129. The first-order chi connectivity index (χ1) is 9.60. The molecule has 0 bridgehead atoms. The second-order valence-corrected chi connectivity index (χ2v) is 3.98. The van der Waals surface area contributed by atoms with Gasteiger partial charge < -0.3 is 10.1 Å². The molecule has 0 aliphatic heterocycles. The van der Waals surface area contributed by atoms with E-state index in [2.05, 4.69) is 10.3 Å². The Morgan fingerprint density at radius 3 is 2.95 bits per heavy atom. The Balaban J connectivity index is 2.17. The number of benzene rings is 1. The predicted molar refractivity (Wildman–Crippen MR) is 71.2 cm³/mol. The summed E-state index contributed by atoms with van der Waals surface area (Å²) in [4.78, 5) is 14.2. The lowest BCUT2D eigenvalue weighted by molar-refractivity contribution is -0.384. The lowest BCUT2D eigenvalue weighted by Crippen LogP contribution is -2.05. The average Bonchev–Trinajstić information content (AvgIpc) is 2.44. The van der Waals surface area contributed by atoms with Gasteiger partial charge in [0.2, 0.25) is 5.82 Å². The molecule has 0 spiro atoms. The van der Waals surface area contributed by atoms with E-state index in [-0.39, 0.29) is 18.1 Å². The Labute approximate surface area is 114 Å². The number of pyridine rings is 1. The summed E-state index contributed by atoms with van der Waals surface area (Å²) in [6.07, 6.45) is 1.45. The number of aromatic nitrogens is 1. The molecule has 0 fully saturated rings. The van der Waals surface area contributed by atoms with Crippen molar-refractivity contribution in [1.82, 2.24) is 4.98 Å². The first kappa shape index (κ1) is 13.7. The summed E-state index contributed by atoms with van der Waals surface area (Å²) >= 11 is 0. The van der Waals surface area contributed by atoms with E-state index in [1.165, 1.54) is 37.6 Å². The summed E-state index contributed by atoms with van der Waals surface area (Å²) in [6.45, 7) is 0.200. The predicted octanol–water partition coefficient (Wildman–Crippen LogP) is 2.75.